The van der Waals surface area contributed by atoms with Gasteiger partial charge in [-0.3, -0.25) is 0 Å². The molecule has 1 aromatic carbocycles. The van der Waals surface area contributed by atoms with Gasteiger partial charge in [0.05, 0.1) is 6.10 Å². The van der Waals surface area contributed by atoms with Crippen LogP contribution < -0.4 is 14.2 Å². The Labute approximate surface area is 120 Å². The Kier molecular flexibility index (Phi) is 4.43. The van der Waals surface area contributed by atoms with Crippen molar-refractivity contribution >= 4 is 0 Å². The molecular formula is C16H24O4. The predicted octanol–water partition coefficient (Wildman–Crippen LogP) is 3.15. The topological polar surface area (TPSA) is 47.9 Å². The van der Waals surface area contributed by atoms with E-state index < -0.39 is 6.10 Å². The number of fused-ring (bicyclic) bond motifs is 1. The summed E-state index contributed by atoms with van der Waals surface area (Å²) in [5, 5.41) is 10.0. The standard InChI is InChI=1S/C16H24O4/c1-5-11-6-14-15(20-10-19-14)7-13(11)18-9-12(17)8-16(2,3)4/h6-7,12,17H,5,8-10H2,1-4H3. The van der Waals surface area contributed by atoms with Gasteiger partial charge < -0.3 is 19.3 Å². The zero-order valence-electron chi connectivity index (χ0n) is 12.7. The number of aryl methyl sites for hydroxylation is 1. The fourth-order valence-electron chi connectivity index (χ4n) is 2.33. The molecule has 112 valence electrons. The quantitative estimate of drug-likeness (QED) is 0.900. The van der Waals surface area contributed by atoms with Gasteiger partial charge >= 0.3 is 0 Å². The van der Waals surface area contributed by atoms with E-state index in [0.717, 1.165) is 23.5 Å². The predicted molar refractivity (Wildman–Crippen MR) is 77.5 cm³/mol. The molecule has 0 saturated carbocycles. The summed E-state index contributed by atoms with van der Waals surface area (Å²) >= 11 is 0. The largest absolute Gasteiger partial charge is 0.490 e. The summed E-state index contributed by atoms with van der Waals surface area (Å²) in [6.45, 7) is 8.94. The third-order valence-electron chi connectivity index (χ3n) is 3.22. The Morgan fingerprint density at radius 1 is 1.25 bits per heavy atom. The third-order valence-corrected chi connectivity index (χ3v) is 3.22. The van der Waals surface area contributed by atoms with E-state index >= 15 is 0 Å². The number of hydrogen-bond donors (Lipinski definition) is 1. The van der Waals surface area contributed by atoms with Crippen LogP contribution in [0.15, 0.2) is 12.1 Å². The second-order valence-corrected chi connectivity index (χ2v) is 6.40. The number of benzene rings is 1. The first-order valence-corrected chi connectivity index (χ1v) is 7.12. The highest BCUT2D eigenvalue weighted by Gasteiger charge is 2.20. The number of hydrogen-bond acceptors (Lipinski definition) is 4. The molecule has 4 heteroatoms. The molecule has 20 heavy (non-hydrogen) atoms. The SMILES string of the molecule is CCc1cc2c(cc1OCC(O)CC(C)(C)C)OCO2. The van der Waals surface area contributed by atoms with Gasteiger partial charge in [0.1, 0.15) is 12.4 Å². The van der Waals surface area contributed by atoms with Crippen molar-refractivity contribution in [3.05, 3.63) is 17.7 Å². The maximum Gasteiger partial charge on any atom is 0.231 e. The normalized spacial score (nSPS) is 15.2. The molecule has 1 N–H and O–H groups in total. The van der Waals surface area contributed by atoms with Crippen LogP contribution in [0.4, 0.5) is 0 Å². The highest BCUT2D eigenvalue weighted by Crippen LogP contribution is 2.38. The Morgan fingerprint density at radius 2 is 1.90 bits per heavy atom. The molecular weight excluding hydrogens is 256 g/mol. The van der Waals surface area contributed by atoms with Crippen molar-refractivity contribution in [3.8, 4) is 17.2 Å². The van der Waals surface area contributed by atoms with Crippen molar-refractivity contribution in [1.82, 2.24) is 0 Å². The molecule has 0 aromatic heterocycles. The Balaban J connectivity index is 2.02. The summed E-state index contributed by atoms with van der Waals surface area (Å²) in [6, 6.07) is 3.80. The van der Waals surface area contributed by atoms with E-state index in [4.69, 9.17) is 14.2 Å². The van der Waals surface area contributed by atoms with E-state index in [1.54, 1.807) is 0 Å². The Morgan fingerprint density at radius 3 is 2.50 bits per heavy atom. The second-order valence-electron chi connectivity index (χ2n) is 6.40. The van der Waals surface area contributed by atoms with Gasteiger partial charge in [-0.1, -0.05) is 27.7 Å². The van der Waals surface area contributed by atoms with E-state index in [2.05, 4.69) is 27.7 Å². The van der Waals surface area contributed by atoms with E-state index in [0.29, 0.717) is 18.8 Å². The summed E-state index contributed by atoms with van der Waals surface area (Å²) in [5.41, 5.74) is 1.16. The fourth-order valence-corrected chi connectivity index (χ4v) is 2.33. The van der Waals surface area contributed by atoms with Gasteiger partial charge in [0.2, 0.25) is 6.79 Å². The van der Waals surface area contributed by atoms with E-state index in [1.807, 2.05) is 12.1 Å². The maximum atomic E-state index is 10.0. The molecule has 0 saturated heterocycles. The first-order valence-electron chi connectivity index (χ1n) is 7.12. The van der Waals surface area contributed by atoms with Gasteiger partial charge in [-0.15, -0.1) is 0 Å². The lowest BCUT2D eigenvalue weighted by Gasteiger charge is -2.22. The molecule has 0 spiro atoms. The van der Waals surface area contributed by atoms with Crippen molar-refractivity contribution < 1.29 is 19.3 Å². The second kappa shape index (κ2) is 5.92. The number of aliphatic hydroxyl groups is 1. The molecule has 1 unspecified atom stereocenters. The van der Waals surface area contributed by atoms with Gasteiger partial charge in [-0.2, -0.15) is 0 Å². The Bertz CT molecular complexity index is 462. The average molecular weight is 280 g/mol. The zero-order chi connectivity index (χ0) is 14.8. The molecule has 0 radical (unpaired) electrons. The minimum absolute atomic E-state index is 0.0885. The lowest BCUT2D eigenvalue weighted by Crippen LogP contribution is -2.24. The molecule has 0 amide bonds. The monoisotopic (exact) mass is 280 g/mol. The Hall–Kier alpha value is -1.42. The average Bonchev–Trinajstić information content (AvgIpc) is 2.79. The molecule has 0 aliphatic carbocycles. The van der Waals surface area contributed by atoms with Crippen LogP contribution in [0.25, 0.3) is 0 Å². The third kappa shape index (κ3) is 3.79. The maximum absolute atomic E-state index is 10.0. The van der Waals surface area contributed by atoms with Crippen molar-refractivity contribution in [1.29, 1.82) is 0 Å². The van der Waals surface area contributed by atoms with Gasteiger partial charge in [0.15, 0.2) is 11.5 Å². The minimum atomic E-state index is -0.467. The smallest absolute Gasteiger partial charge is 0.231 e. The summed E-state index contributed by atoms with van der Waals surface area (Å²) in [7, 11) is 0. The summed E-state index contributed by atoms with van der Waals surface area (Å²) in [4.78, 5) is 0. The summed E-state index contributed by atoms with van der Waals surface area (Å²) in [5.74, 6) is 2.25. The van der Waals surface area contributed by atoms with E-state index in [1.165, 1.54) is 0 Å². The molecule has 0 fully saturated rings. The molecule has 2 rings (SSSR count). The minimum Gasteiger partial charge on any atom is -0.490 e. The van der Waals surface area contributed by atoms with Crippen LogP contribution in [0.5, 0.6) is 17.2 Å². The van der Waals surface area contributed by atoms with Crippen LogP contribution in [0.3, 0.4) is 0 Å². The first-order chi connectivity index (χ1) is 9.39. The lowest BCUT2D eigenvalue weighted by molar-refractivity contribution is 0.0706. The molecule has 4 nitrogen and oxygen atoms in total. The molecule has 1 atom stereocenters. The van der Waals surface area contributed by atoms with E-state index in [9.17, 15) is 5.11 Å². The number of rotatable bonds is 5. The molecule has 1 aromatic rings. The van der Waals surface area contributed by atoms with Gasteiger partial charge in [-0.05, 0) is 29.9 Å². The highest BCUT2D eigenvalue weighted by atomic mass is 16.7. The molecule has 0 bridgehead atoms. The fraction of sp³-hybridized carbons (Fsp3) is 0.625. The first kappa shape index (κ1) is 15.0. The van der Waals surface area contributed by atoms with Crippen LogP contribution >= 0.6 is 0 Å². The van der Waals surface area contributed by atoms with Crippen molar-refractivity contribution in [2.45, 2.75) is 46.6 Å². The van der Waals surface area contributed by atoms with E-state index in [-0.39, 0.29) is 12.2 Å². The van der Waals surface area contributed by atoms with Gasteiger partial charge in [-0.25, -0.2) is 0 Å². The lowest BCUT2D eigenvalue weighted by atomic mass is 9.89. The van der Waals surface area contributed by atoms with Gasteiger partial charge in [0.25, 0.3) is 0 Å². The van der Waals surface area contributed by atoms with Gasteiger partial charge in [0, 0.05) is 6.07 Å². The summed E-state index contributed by atoms with van der Waals surface area (Å²) in [6.07, 6.45) is 1.09. The van der Waals surface area contributed by atoms with Crippen LogP contribution in [0, 0.1) is 5.41 Å². The number of ether oxygens (including phenoxy) is 3. The summed E-state index contributed by atoms with van der Waals surface area (Å²) < 4.78 is 16.5. The van der Waals surface area contributed by atoms with Crippen LogP contribution in [0.1, 0.15) is 39.7 Å². The van der Waals surface area contributed by atoms with Crippen LogP contribution in [-0.4, -0.2) is 24.6 Å². The highest BCUT2D eigenvalue weighted by molar-refractivity contribution is 5.51. The van der Waals surface area contributed by atoms with Crippen LogP contribution in [0.2, 0.25) is 0 Å². The molecule has 1 aliphatic rings. The molecule has 1 heterocycles. The van der Waals surface area contributed by atoms with Crippen molar-refractivity contribution in [2.24, 2.45) is 5.41 Å². The number of aliphatic hydroxyl groups excluding tert-OH is 1. The van der Waals surface area contributed by atoms with Crippen molar-refractivity contribution in [2.75, 3.05) is 13.4 Å². The van der Waals surface area contributed by atoms with Crippen molar-refractivity contribution in [3.63, 3.8) is 0 Å². The van der Waals surface area contributed by atoms with Crippen LogP contribution in [-0.2, 0) is 6.42 Å². The zero-order valence-corrected chi connectivity index (χ0v) is 12.7. The molecule has 1 aliphatic heterocycles.